The van der Waals surface area contributed by atoms with Crippen molar-refractivity contribution in [1.82, 2.24) is 0 Å². The Balaban J connectivity index is 2.11. The SMILES string of the molecule is Cc1ccc2c(c1)C(=O)O[C]2c1ccccc1. The molecule has 0 fully saturated rings. The van der Waals surface area contributed by atoms with Gasteiger partial charge < -0.3 is 4.74 Å². The van der Waals surface area contributed by atoms with E-state index in [1.54, 1.807) is 0 Å². The van der Waals surface area contributed by atoms with Crippen LogP contribution in [-0.2, 0) is 4.74 Å². The maximum absolute atomic E-state index is 11.8. The Hall–Kier alpha value is -2.09. The smallest absolute Gasteiger partial charge is 0.340 e. The summed E-state index contributed by atoms with van der Waals surface area (Å²) in [5.74, 6) is -0.262. The van der Waals surface area contributed by atoms with Crippen LogP contribution in [-0.4, -0.2) is 5.97 Å². The van der Waals surface area contributed by atoms with Crippen LogP contribution in [0.1, 0.15) is 27.0 Å². The number of hydrogen-bond donors (Lipinski definition) is 0. The molecule has 0 spiro atoms. The molecule has 1 aliphatic rings. The summed E-state index contributed by atoms with van der Waals surface area (Å²) in [6.45, 7) is 1.97. The van der Waals surface area contributed by atoms with Crippen molar-refractivity contribution in [2.45, 2.75) is 6.92 Å². The van der Waals surface area contributed by atoms with E-state index in [1.165, 1.54) is 0 Å². The van der Waals surface area contributed by atoms with Gasteiger partial charge in [0, 0.05) is 11.1 Å². The maximum Gasteiger partial charge on any atom is 0.340 e. The van der Waals surface area contributed by atoms with Crippen molar-refractivity contribution in [3.8, 4) is 0 Å². The Morgan fingerprint density at radius 2 is 1.71 bits per heavy atom. The van der Waals surface area contributed by atoms with Crippen LogP contribution in [0.25, 0.3) is 0 Å². The number of ether oxygens (including phenoxy) is 1. The predicted molar refractivity (Wildman–Crippen MR) is 64.5 cm³/mol. The quantitative estimate of drug-likeness (QED) is 0.694. The standard InChI is InChI=1S/C15H11O2/c1-10-7-8-12-13(9-10)15(16)17-14(12)11-5-3-2-4-6-11/h2-9H,1H3. The van der Waals surface area contributed by atoms with Gasteiger partial charge in [0.25, 0.3) is 0 Å². The summed E-state index contributed by atoms with van der Waals surface area (Å²) >= 11 is 0. The van der Waals surface area contributed by atoms with Gasteiger partial charge in [0.1, 0.15) is 0 Å². The van der Waals surface area contributed by atoms with Gasteiger partial charge in [-0.2, -0.15) is 0 Å². The molecule has 0 saturated heterocycles. The topological polar surface area (TPSA) is 26.3 Å². The van der Waals surface area contributed by atoms with E-state index in [0.29, 0.717) is 11.7 Å². The number of esters is 1. The molecular weight excluding hydrogens is 212 g/mol. The molecule has 17 heavy (non-hydrogen) atoms. The first kappa shape index (κ1) is 10.1. The minimum Gasteiger partial charge on any atom is -0.440 e. The van der Waals surface area contributed by atoms with E-state index in [1.807, 2.05) is 55.5 Å². The van der Waals surface area contributed by atoms with E-state index >= 15 is 0 Å². The second kappa shape index (κ2) is 3.74. The molecule has 0 atom stereocenters. The van der Waals surface area contributed by atoms with Crippen molar-refractivity contribution in [3.05, 3.63) is 76.9 Å². The van der Waals surface area contributed by atoms with Crippen molar-refractivity contribution in [2.24, 2.45) is 0 Å². The first-order valence-corrected chi connectivity index (χ1v) is 5.51. The third-order valence-electron chi connectivity index (χ3n) is 2.87. The lowest BCUT2D eigenvalue weighted by molar-refractivity contribution is 0.0619. The second-order valence-corrected chi connectivity index (χ2v) is 4.13. The summed E-state index contributed by atoms with van der Waals surface area (Å²) in [5, 5.41) is 0. The van der Waals surface area contributed by atoms with Gasteiger partial charge in [0.15, 0.2) is 0 Å². The second-order valence-electron chi connectivity index (χ2n) is 4.13. The third-order valence-corrected chi connectivity index (χ3v) is 2.87. The Morgan fingerprint density at radius 3 is 2.47 bits per heavy atom. The highest BCUT2D eigenvalue weighted by molar-refractivity contribution is 5.97. The molecule has 0 aliphatic carbocycles. The largest absolute Gasteiger partial charge is 0.440 e. The number of fused-ring (bicyclic) bond motifs is 1. The molecule has 2 heteroatoms. The number of hydrogen-bond acceptors (Lipinski definition) is 2. The van der Waals surface area contributed by atoms with E-state index in [4.69, 9.17) is 4.74 Å². The lowest BCUT2D eigenvalue weighted by Gasteiger charge is -2.08. The van der Waals surface area contributed by atoms with Crippen molar-refractivity contribution in [2.75, 3.05) is 0 Å². The zero-order chi connectivity index (χ0) is 11.8. The average Bonchev–Trinajstić information content (AvgIpc) is 2.68. The Kier molecular flexibility index (Phi) is 2.22. The number of aryl methyl sites for hydroxylation is 1. The van der Waals surface area contributed by atoms with Crippen LogP contribution in [0, 0.1) is 13.0 Å². The number of benzene rings is 2. The van der Waals surface area contributed by atoms with Crippen molar-refractivity contribution in [1.29, 1.82) is 0 Å². The van der Waals surface area contributed by atoms with Crippen LogP contribution in [0.15, 0.2) is 48.5 Å². The molecule has 0 saturated carbocycles. The minimum atomic E-state index is -0.262. The van der Waals surface area contributed by atoms with Gasteiger partial charge in [-0.15, -0.1) is 0 Å². The first-order chi connectivity index (χ1) is 8.25. The molecule has 2 aromatic rings. The highest BCUT2D eigenvalue weighted by Crippen LogP contribution is 2.35. The summed E-state index contributed by atoms with van der Waals surface area (Å²) in [5.41, 5.74) is 3.54. The fraction of sp³-hybridized carbons (Fsp3) is 0.0667. The lowest BCUT2D eigenvalue weighted by Crippen LogP contribution is -2.01. The van der Waals surface area contributed by atoms with Gasteiger partial charge in [-0.05, 0) is 13.0 Å². The fourth-order valence-corrected chi connectivity index (χ4v) is 2.03. The highest BCUT2D eigenvalue weighted by Gasteiger charge is 2.33. The normalized spacial score (nSPS) is 14.5. The molecule has 2 aromatic carbocycles. The zero-order valence-electron chi connectivity index (χ0n) is 9.44. The molecule has 1 aliphatic heterocycles. The summed E-state index contributed by atoms with van der Waals surface area (Å²) in [6.07, 6.45) is 0.658. The summed E-state index contributed by atoms with van der Waals surface area (Å²) in [6, 6.07) is 15.5. The number of carbonyl (C=O) groups excluding carboxylic acids is 1. The summed E-state index contributed by atoms with van der Waals surface area (Å²) < 4.78 is 5.35. The van der Waals surface area contributed by atoms with E-state index in [0.717, 1.165) is 16.7 Å². The van der Waals surface area contributed by atoms with Crippen LogP contribution in [0.5, 0.6) is 0 Å². The van der Waals surface area contributed by atoms with E-state index in [-0.39, 0.29) is 5.97 Å². The van der Waals surface area contributed by atoms with Gasteiger partial charge in [0.05, 0.1) is 5.56 Å². The van der Waals surface area contributed by atoms with Crippen molar-refractivity contribution in [3.63, 3.8) is 0 Å². The average molecular weight is 223 g/mol. The van der Waals surface area contributed by atoms with Crippen LogP contribution in [0.2, 0.25) is 0 Å². The van der Waals surface area contributed by atoms with Crippen LogP contribution in [0.4, 0.5) is 0 Å². The fourth-order valence-electron chi connectivity index (χ4n) is 2.03. The molecule has 0 amide bonds. The number of rotatable bonds is 1. The molecule has 0 N–H and O–H groups in total. The molecule has 1 radical (unpaired) electrons. The van der Waals surface area contributed by atoms with Gasteiger partial charge in [-0.1, -0.05) is 48.0 Å². The molecule has 2 nitrogen and oxygen atoms in total. The number of cyclic esters (lactones) is 1. The molecule has 83 valence electrons. The van der Waals surface area contributed by atoms with Crippen molar-refractivity contribution >= 4 is 5.97 Å². The summed E-state index contributed by atoms with van der Waals surface area (Å²) in [7, 11) is 0. The van der Waals surface area contributed by atoms with Crippen LogP contribution in [0.3, 0.4) is 0 Å². The Labute approximate surface area is 99.9 Å². The monoisotopic (exact) mass is 223 g/mol. The molecule has 0 unspecified atom stereocenters. The zero-order valence-corrected chi connectivity index (χ0v) is 9.44. The number of carbonyl (C=O) groups is 1. The van der Waals surface area contributed by atoms with Crippen LogP contribution < -0.4 is 0 Å². The van der Waals surface area contributed by atoms with E-state index < -0.39 is 0 Å². The Bertz CT molecular complexity index is 573. The third kappa shape index (κ3) is 1.62. The first-order valence-electron chi connectivity index (χ1n) is 5.51. The highest BCUT2D eigenvalue weighted by atomic mass is 16.5. The Morgan fingerprint density at radius 1 is 0.941 bits per heavy atom. The van der Waals surface area contributed by atoms with Crippen LogP contribution >= 0.6 is 0 Å². The molecular formula is C15H11O2. The van der Waals surface area contributed by atoms with Gasteiger partial charge >= 0.3 is 5.97 Å². The lowest BCUT2D eigenvalue weighted by atomic mass is 9.98. The van der Waals surface area contributed by atoms with Crippen molar-refractivity contribution < 1.29 is 9.53 Å². The maximum atomic E-state index is 11.8. The molecule has 0 aromatic heterocycles. The molecule has 3 rings (SSSR count). The van der Waals surface area contributed by atoms with E-state index in [2.05, 4.69) is 0 Å². The minimum absolute atomic E-state index is 0.262. The predicted octanol–water partition coefficient (Wildman–Crippen LogP) is 3.09. The molecule has 0 bridgehead atoms. The van der Waals surface area contributed by atoms with Gasteiger partial charge in [0.2, 0.25) is 6.10 Å². The van der Waals surface area contributed by atoms with E-state index in [9.17, 15) is 4.79 Å². The van der Waals surface area contributed by atoms with Gasteiger partial charge in [-0.25, -0.2) is 4.79 Å². The summed E-state index contributed by atoms with van der Waals surface area (Å²) in [4.78, 5) is 11.8. The van der Waals surface area contributed by atoms with Gasteiger partial charge in [-0.3, -0.25) is 0 Å². The molecule has 1 heterocycles.